The minimum Gasteiger partial charge on any atom is -0.362 e. The van der Waals surface area contributed by atoms with Crippen molar-refractivity contribution in [3.8, 4) is 0 Å². The fraction of sp³-hybridized carbons (Fsp3) is 0.412. The van der Waals surface area contributed by atoms with E-state index in [-0.39, 0.29) is 5.92 Å². The summed E-state index contributed by atoms with van der Waals surface area (Å²) in [6, 6.07) is 6.32. The number of anilines is 1. The first-order valence-electron chi connectivity index (χ1n) is 8.39. The highest BCUT2D eigenvalue weighted by atomic mass is 35.5. The van der Waals surface area contributed by atoms with E-state index in [0.717, 1.165) is 12.8 Å². The molecule has 3 rings (SSSR count). The van der Waals surface area contributed by atoms with Gasteiger partial charge in [0.25, 0.3) is 0 Å². The smallest absolute Gasteiger partial charge is 0.362 e. The Morgan fingerprint density at radius 2 is 2.04 bits per heavy atom. The van der Waals surface area contributed by atoms with Crippen LogP contribution in [0, 0.1) is 0 Å². The summed E-state index contributed by atoms with van der Waals surface area (Å²) in [5.74, 6) is 0.189. The number of aromatic nitrogens is 2. The Morgan fingerprint density at radius 1 is 1.30 bits per heavy atom. The molecular formula is C17H17Cl2F3N4S. The maximum absolute atomic E-state index is 12.9. The first-order valence-corrected chi connectivity index (χ1v) is 9.56. The van der Waals surface area contributed by atoms with Crippen molar-refractivity contribution in [1.29, 1.82) is 0 Å². The highest BCUT2D eigenvalue weighted by Crippen LogP contribution is 2.42. The van der Waals surface area contributed by atoms with Gasteiger partial charge in [0, 0.05) is 24.7 Å². The zero-order valence-corrected chi connectivity index (χ0v) is 16.4. The molecule has 27 heavy (non-hydrogen) atoms. The van der Waals surface area contributed by atoms with Crippen LogP contribution in [-0.4, -0.2) is 21.4 Å². The van der Waals surface area contributed by atoms with Crippen molar-refractivity contribution in [2.45, 2.75) is 37.9 Å². The predicted molar refractivity (Wildman–Crippen MR) is 105 cm³/mol. The van der Waals surface area contributed by atoms with Gasteiger partial charge in [-0.05, 0) is 49.7 Å². The van der Waals surface area contributed by atoms with Gasteiger partial charge in [-0.15, -0.1) is 0 Å². The Hall–Kier alpha value is -1.51. The second-order valence-electron chi connectivity index (χ2n) is 6.29. The topological polar surface area (TPSA) is 41.9 Å². The molecule has 2 N–H and O–H groups in total. The molecule has 0 bridgehead atoms. The van der Waals surface area contributed by atoms with Crippen LogP contribution >= 0.6 is 35.4 Å². The van der Waals surface area contributed by atoms with Gasteiger partial charge in [-0.25, -0.2) is 0 Å². The molecule has 0 atom stereocenters. The summed E-state index contributed by atoms with van der Waals surface area (Å²) < 4.78 is 40.1. The van der Waals surface area contributed by atoms with Crippen LogP contribution in [0.4, 0.5) is 18.9 Å². The number of rotatable bonds is 6. The van der Waals surface area contributed by atoms with Crippen molar-refractivity contribution in [2.75, 3.05) is 11.9 Å². The number of alkyl halides is 3. The van der Waals surface area contributed by atoms with E-state index in [1.165, 1.54) is 10.7 Å². The average molecular weight is 437 g/mol. The number of nitrogens with zero attached hydrogens (tertiary/aromatic N) is 2. The Labute approximate surface area is 170 Å². The number of nitrogens with one attached hydrogen (secondary N) is 2. The highest BCUT2D eigenvalue weighted by Gasteiger charge is 2.37. The first-order chi connectivity index (χ1) is 12.8. The summed E-state index contributed by atoms with van der Waals surface area (Å²) in [5.41, 5.74) is 0.415. The predicted octanol–water partition coefficient (Wildman–Crippen LogP) is 5.46. The lowest BCUT2D eigenvalue weighted by molar-refractivity contribution is -0.141. The third-order valence-electron chi connectivity index (χ3n) is 4.13. The van der Waals surface area contributed by atoms with Crippen molar-refractivity contribution in [3.63, 3.8) is 0 Å². The van der Waals surface area contributed by atoms with Gasteiger partial charge >= 0.3 is 6.18 Å². The van der Waals surface area contributed by atoms with Crippen LogP contribution in [0.2, 0.25) is 10.0 Å². The zero-order valence-electron chi connectivity index (χ0n) is 14.1. The number of hydrogen-bond donors (Lipinski definition) is 2. The maximum Gasteiger partial charge on any atom is 0.435 e. The van der Waals surface area contributed by atoms with Crippen LogP contribution in [0.3, 0.4) is 0 Å². The van der Waals surface area contributed by atoms with E-state index in [4.69, 9.17) is 35.4 Å². The fourth-order valence-electron chi connectivity index (χ4n) is 2.65. The summed E-state index contributed by atoms with van der Waals surface area (Å²) >= 11 is 17.2. The standard InChI is InChI=1S/C17H17Cl2F3N4S/c18-11-3-1-4-12(15(11)19)24-16(27)23-7-2-8-26-13(10-5-6-10)9-14(25-26)17(20,21)22/h1,3-4,9-10H,2,5-8H2,(H2,23,24,27). The Morgan fingerprint density at radius 3 is 2.70 bits per heavy atom. The molecule has 146 valence electrons. The minimum atomic E-state index is -4.42. The van der Waals surface area contributed by atoms with Crippen LogP contribution in [-0.2, 0) is 12.7 Å². The maximum atomic E-state index is 12.9. The molecule has 0 radical (unpaired) electrons. The third-order valence-corrected chi connectivity index (χ3v) is 5.19. The van der Waals surface area contributed by atoms with Crippen molar-refractivity contribution in [2.24, 2.45) is 0 Å². The SMILES string of the molecule is FC(F)(F)c1cc(C2CC2)n(CCCNC(=S)Nc2cccc(Cl)c2Cl)n1. The lowest BCUT2D eigenvalue weighted by Gasteiger charge is -2.13. The van der Waals surface area contributed by atoms with Gasteiger partial charge in [0.1, 0.15) is 0 Å². The summed E-state index contributed by atoms with van der Waals surface area (Å²) in [6.07, 6.45) is -2.02. The minimum absolute atomic E-state index is 0.189. The molecule has 1 aliphatic rings. The van der Waals surface area contributed by atoms with E-state index in [1.807, 2.05) is 0 Å². The number of benzene rings is 1. The lowest BCUT2D eigenvalue weighted by atomic mass is 10.2. The van der Waals surface area contributed by atoms with Crippen LogP contribution in [0.5, 0.6) is 0 Å². The summed E-state index contributed by atoms with van der Waals surface area (Å²) in [5, 5.41) is 10.8. The van der Waals surface area contributed by atoms with Gasteiger partial charge in [-0.3, -0.25) is 4.68 Å². The Kier molecular flexibility index (Phi) is 6.18. The molecule has 2 aromatic rings. The Bertz CT molecular complexity index is 834. The molecule has 10 heteroatoms. The molecule has 1 aromatic heterocycles. The summed E-state index contributed by atoms with van der Waals surface area (Å²) in [4.78, 5) is 0. The Balaban J connectivity index is 1.51. The number of halogens is 5. The summed E-state index contributed by atoms with van der Waals surface area (Å²) in [6.45, 7) is 0.866. The number of aryl methyl sites for hydroxylation is 1. The van der Waals surface area contributed by atoms with E-state index >= 15 is 0 Å². The van der Waals surface area contributed by atoms with E-state index in [2.05, 4.69) is 15.7 Å². The van der Waals surface area contributed by atoms with E-state index < -0.39 is 11.9 Å². The molecule has 0 spiro atoms. The molecule has 1 aromatic carbocycles. The molecule has 0 amide bonds. The van der Waals surface area contributed by atoms with Crippen molar-refractivity contribution in [3.05, 3.63) is 45.7 Å². The van der Waals surface area contributed by atoms with Gasteiger partial charge in [0.2, 0.25) is 0 Å². The van der Waals surface area contributed by atoms with Crippen LogP contribution in [0.25, 0.3) is 0 Å². The normalized spacial score (nSPS) is 14.3. The van der Waals surface area contributed by atoms with Crippen LogP contribution < -0.4 is 10.6 Å². The quantitative estimate of drug-likeness (QED) is 0.465. The summed E-state index contributed by atoms with van der Waals surface area (Å²) in [7, 11) is 0. The van der Waals surface area contributed by atoms with Gasteiger partial charge in [-0.2, -0.15) is 18.3 Å². The molecule has 0 unspecified atom stereocenters. The van der Waals surface area contributed by atoms with Crippen LogP contribution in [0.1, 0.15) is 36.6 Å². The number of thiocarbonyl (C=S) groups is 1. The monoisotopic (exact) mass is 436 g/mol. The highest BCUT2D eigenvalue weighted by molar-refractivity contribution is 7.80. The van der Waals surface area contributed by atoms with Crippen molar-refractivity contribution >= 4 is 46.2 Å². The second kappa shape index (κ2) is 8.24. The molecule has 1 aliphatic carbocycles. The zero-order chi connectivity index (χ0) is 19.6. The second-order valence-corrected chi connectivity index (χ2v) is 7.48. The van der Waals surface area contributed by atoms with E-state index in [0.29, 0.717) is 46.0 Å². The third kappa shape index (κ3) is 5.27. The van der Waals surface area contributed by atoms with Gasteiger partial charge in [0.15, 0.2) is 10.8 Å². The molecule has 4 nitrogen and oxygen atoms in total. The molecule has 1 heterocycles. The molecule has 1 saturated carbocycles. The molecule has 0 saturated heterocycles. The molecule has 1 fully saturated rings. The van der Waals surface area contributed by atoms with Crippen molar-refractivity contribution < 1.29 is 13.2 Å². The first kappa shape index (κ1) is 20.2. The van der Waals surface area contributed by atoms with Crippen molar-refractivity contribution in [1.82, 2.24) is 15.1 Å². The number of hydrogen-bond acceptors (Lipinski definition) is 2. The average Bonchev–Trinajstić information content (AvgIpc) is 3.34. The fourth-order valence-corrected chi connectivity index (χ4v) is 3.21. The largest absolute Gasteiger partial charge is 0.435 e. The van der Waals surface area contributed by atoms with Gasteiger partial charge in [-0.1, -0.05) is 29.3 Å². The molecular weight excluding hydrogens is 420 g/mol. The van der Waals surface area contributed by atoms with Crippen LogP contribution in [0.15, 0.2) is 24.3 Å². The lowest BCUT2D eigenvalue weighted by Crippen LogP contribution is -2.30. The van der Waals surface area contributed by atoms with E-state index in [9.17, 15) is 13.2 Å². The van der Waals surface area contributed by atoms with Gasteiger partial charge < -0.3 is 10.6 Å². The molecule has 0 aliphatic heterocycles. The van der Waals surface area contributed by atoms with E-state index in [1.54, 1.807) is 18.2 Å². The van der Waals surface area contributed by atoms with Gasteiger partial charge in [0.05, 0.1) is 15.7 Å².